The maximum Gasteiger partial charge on any atom is 0.0550 e. The van der Waals surface area contributed by atoms with Gasteiger partial charge in [0.2, 0.25) is 0 Å². The Morgan fingerprint density at radius 2 is 1.93 bits per heavy atom. The third-order valence-corrected chi connectivity index (χ3v) is 2.88. The Kier molecular flexibility index (Phi) is 3.96. The van der Waals surface area contributed by atoms with Crippen molar-refractivity contribution < 1.29 is 0 Å². The van der Waals surface area contributed by atoms with E-state index in [0.717, 1.165) is 18.8 Å². The van der Waals surface area contributed by atoms with Crippen molar-refractivity contribution >= 4 is 0 Å². The van der Waals surface area contributed by atoms with Crippen LogP contribution in [-0.4, -0.2) is 43.2 Å². The number of allylic oxidation sites excluding steroid dienone is 1. The van der Waals surface area contributed by atoms with Crippen molar-refractivity contribution in [3.8, 4) is 0 Å². The van der Waals surface area contributed by atoms with Gasteiger partial charge in [0.15, 0.2) is 0 Å². The zero-order chi connectivity index (χ0) is 10.7. The highest BCUT2D eigenvalue weighted by Crippen LogP contribution is 2.13. The molecule has 1 fully saturated rings. The lowest BCUT2D eigenvalue weighted by atomic mass is 10.2. The van der Waals surface area contributed by atoms with Gasteiger partial charge in [-0.2, -0.15) is 0 Å². The van der Waals surface area contributed by atoms with Crippen LogP contribution in [0.2, 0.25) is 0 Å². The molecule has 3 heteroatoms. The van der Waals surface area contributed by atoms with Crippen LogP contribution in [0.4, 0.5) is 0 Å². The molecule has 0 aromatic rings. The number of rotatable bonds is 4. The van der Waals surface area contributed by atoms with Gasteiger partial charge in [-0.05, 0) is 27.8 Å². The molecule has 0 aromatic heterocycles. The molecule has 1 heterocycles. The summed E-state index contributed by atoms with van der Waals surface area (Å²) < 4.78 is 0. The van der Waals surface area contributed by atoms with Crippen LogP contribution in [0.5, 0.6) is 0 Å². The number of likely N-dealkylation sites (N-methyl/N-ethyl adjacent to an activating group) is 1. The van der Waals surface area contributed by atoms with Gasteiger partial charge in [0, 0.05) is 30.9 Å². The predicted molar refractivity (Wildman–Crippen MR) is 61.3 cm³/mol. The van der Waals surface area contributed by atoms with E-state index < -0.39 is 0 Å². The first-order valence-corrected chi connectivity index (χ1v) is 5.38. The minimum Gasteiger partial charge on any atom is -0.383 e. The fourth-order valence-corrected chi connectivity index (χ4v) is 2.01. The molecule has 0 spiro atoms. The molecule has 14 heavy (non-hydrogen) atoms. The Balaban J connectivity index is 2.53. The fraction of sp³-hybridized carbons (Fsp3) is 0.818. The zero-order valence-electron chi connectivity index (χ0n) is 9.80. The smallest absolute Gasteiger partial charge is 0.0550 e. The van der Waals surface area contributed by atoms with Crippen LogP contribution in [0.3, 0.4) is 0 Å². The second-order valence-corrected chi connectivity index (χ2v) is 4.47. The Bertz CT molecular complexity index is 201. The van der Waals surface area contributed by atoms with Gasteiger partial charge in [0.05, 0.1) is 6.04 Å². The fourth-order valence-electron chi connectivity index (χ4n) is 2.01. The normalized spacial score (nSPS) is 28.4. The van der Waals surface area contributed by atoms with Crippen molar-refractivity contribution in [2.75, 3.05) is 20.1 Å². The Morgan fingerprint density at radius 1 is 1.36 bits per heavy atom. The second kappa shape index (κ2) is 4.80. The average molecular weight is 197 g/mol. The van der Waals surface area contributed by atoms with Crippen LogP contribution < -0.4 is 10.6 Å². The average Bonchev–Trinajstić information content (AvgIpc) is 2.46. The molecule has 2 N–H and O–H groups in total. The van der Waals surface area contributed by atoms with E-state index in [1.165, 1.54) is 0 Å². The van der Waals surface area contributed by atoms with E-state index >= 15 is 0 Å². The quantitative estimate of drug-likeness (QED) is 0.698. The largest absolute Gasteiger partial charge is 0.383 e. The number of likely N-dealkylation sites (tertiary alicyclic amines) is 1. The van der Waals surface area contributed by atoms with Gasteiger partial charge in [0.25, 0.3) is 0 Å². The summed E-state index contributed by atoms with van der Waals surface area (Å²) in [6.07, 6.45) is 0. The Hall–Kier alpha value is -0.540. The molecule has 0 unspecified atom stereocenters. The lowest BCUT2D eigenvalue weighted by Gasteiger charge is -2.20. The Labute approximate surface area is 87.6 Å². The molecule has 1 saturated heterocycles. The zero-order valence-corrected chi connectivity index (χ0v) is 9.80. The van der Waals surface area contributed by atoms with Crippen LogP contribution in [-0.2, 0) is 0 Å². The van der Waals surface area contributed by atoms with E-state index in [2.05, 4.69) is 36.0 Å². The van der Waals surface area contributed by atoms with Gasteiger partial charge < -0.3 is 10.6 Å². The molecule has 0 bridgehead atoms. The van der Waals surface area contributed by atoms with Crippen molar-refractivity contribution in [2.45, 2.75) is 38.9 Å². The standard InChI is InChI=1S/C11H23N3/c1-8(2)13-11-7-14(9(3)4)6-10(11)12-5/h9-13H,1,6-7H2,2-5H3/t10-,11-/m0/s1. The summed E-state index contributed by atoms with van der Waals surface area (Å²) in [4.78, 5) is 2.49. The highest BCUT2D eigenvalue weighted by Gasteiger charge is 2.32. The van der Waals surface area contributed by atoms with Crippen LogP contribution in [0.15, 0.2) is 12.3 Å². The minimum absolute atomic E-state index is 0.500. The minimum atomic E-state index is 0.500. The second-order valence-electron chi connectivity index (χ2n) is 4.47. The third kappa shape index (κ3) is 2.72. The van der Waals surface area contributed by atoms with Gasteiger partial charge in [-0.3, -0.25) is 4.90 Å². The van der Waals surface area contributed by atoms with Crippen molar-refractivity contribution in [2.24, 2.45) is 0 Å². The molecule has 1 aliphatic heterocycles. The van der Waals surface area contributed by atoms with Crippen molar-refractivity contribution in [1.29, 1.82) is 0 Å². The van der Waals surface area contributed by atoms with E-state index in [9.17, 15) is 0 Å². The van der Waals surface area contributed by atoms with Crippen molar-refractivity contribution in [3.63, 3.8) is 0 Å². The number of nitrogens with zero attached hydrogens (tertiary/aromatic N) is 1. The molecule has 2 atom stereocenters. The molecule has 0 aromatic carbocycles. The summed E-state index contributed by atoms with van der Waals surface area (Å²) >= 11 is 0. The summed E-state index contributed by atoms with van der Waals surface area (Å²) in [5, 5.41) is 6.79. The van der Waals surface area contributed by atoms with Crippen LogP contribution in [0.25, 0.3) is 0 Å². The summed E-state index contributed by atoms with van der Waals surface area (Å²) in [7, 11) is 2.03. The monoisotopic (exact) mass is 197 g/mol. The molecule has 82 valence electrons. The molecule has 1 rings (SSSR count). The molecular weight excluding hydrogens is 174 g/mol. The highest BCUT2D eigenvalue weighted by atomic mass is 15.2. The van der Waals surface area contributed by atoms with Crippen LogP contribution in [0, 0.1) is 0 Å². The highest BCUT2D eigenvalue weighted by molar-refractivity contribution is 5.00. The Morgan fingerprint density at radius 3 is 2.36 bits per heavy atom. The maximum atomic E-state index is 3.90. The van der Waals surface area contributed by atoms with E-state index in [-0.39, 0.29) is 0 Å². The lowest BCUT2D eigenvalue weighted by Crippen LogP contribution is -2.44. The van der Waals surface area contributed by atoms with E-state index in [1.807, 2.05) is 14.0 Å². The first-order valence-electron chi connectivity index (χ1n) is 5.38. The van der Waals surface area contributed by atoms with Gasteiger partial charge >= 0.3 is 0 Å². The van der Waals surface area contributed by atoms with Crippen LogP contribution >= 0.6 is 0 Å². The molecular formula is C11H23N3. The van der Waals surface area contributed by atoms with Crippen molar-refractivity contribution in [1.82, 2.24) is 15.5 Å². The van der Waals surface area contributed by atoms with Gasteiger partial charge in [-0.25, -0.2) is 0 Å². The predicted octanol–water partition coefficient (Wildman–Crippen LogP) is 0.790. The topological polar surface area (TPSA) is 27.3 Å². The molecule has 0 radical (unpaired) electrons. The number of hydrogen-bond donors (Lipinski definition) is 2. The number of hydrogen-bond acceptors (Lipinski definition) is 3. The lowest BCUT2D eigenvalue weighted by molar-refractivity contribution is 0.266. The SMILES string of the molecule is C=C(C)N[C@H]1CN(C(C)C)C[C@@H]1NC. The van der Waals surface area contributed by atoms with Crippen molar-refractivity contribution in [3.05, 3.63) is 12.3 Å². The first-order chi connectivity index (χ1) is 6.54. The number of nitrogens with one attached hydrogen (secondary N) is 2. The van der Waals surface area contributed by atoms with Gasteiger partial charge in [-0.15, -0.1) is 0 Å². The van der Waals surface area contributed by atoms with Gasteiger partial charge in [-0.1, -0.05) is 6.58 Å². The summed E-state index contributed by atoms with van der Waals surface area (Å²) in [5.41, 5.74) is 1.06. The first kappa shape index (κ1) is 11.5. The van der Waals surface area contributed by atoms with E-state index in [4.69, 9.17) is 0 Å². The molecule has 1 aliphatic rings. The third-order valence-electron chi connectivity index (χ3n) is 2.88. The van der Waals surface area contributed by atoms with Gasteiger partial charge in [0.1, 0.15) is 0 Å². The molecule has 3 nitrogen and oxygen atoms in total. The molecule has 0 amide bonds. The summed E-state index contributed by atoms with van der Waals surface area (Å²) in [6.45, 7) is 12.6. The summed E-state index contributed by atoms with van der Waals surface area (Å²) in [5.74, 6) is 0. The van der Waals surface area contributed by atoms with Crippen LogP contribution in [0.1, 0.15) is 20.8 Å². The molecule has 0 saturated carbocycles. The molecule has 0 aliphatic carbocycles. The van der Waals surface area contributed by atoms with E-state index in [0.29, 0.717) is 18.1 Å². The van der Waals surface area contributed by atoms with E-state index in [1.54, 1.807) is 0 Å². The summed E-state index contributed by atoms with van der Waals surface area (Å²) in [6, 6.07) is 1.66. The maximum absolute atomic E-state index is 3.90.